The van der Waals surface area contributed by atoms with Crippen molar-refractivity contribution in [2.24, 2.45) is 0 Å². The van der Waals surface area contributed by atoms with E-state index in [0.29, 0.717) is 47.8 Å². The van der Waals surface area contributed by atoms with Gasteiger partial charge in [0.05, 0.1) is 31.7 Å². The zero-order valence-corrected chi connectivity index (χ0v) is 18.3. The molecule has 0 atom stereocenters. The molecule has 33 heavy (non-hydrogen) atoms. The third-order valence-corrected chi connectivity index (χ3v) is 5.83. The molecule has 4 aromatic rings. The first-order valence-electron chi connectivity index (χ1n) is 10.6. The number of aromatic amines is 1. The highest BCUT2D eigenvalue weighted by atomic mass is 16.5. The van der Waals surface area contributed by atoms with Crippen LogP contribution in [-0.2, 0) is 0 Å². The van der Waals surface area contributed by atoms with Crippen molar-refractivity contribution in [3.63, 3.8) is 0 Å². The van der Waals surface area contributed by atoms with Crippen LogP contribution in [0.15, 0.2) is 51.7 Å². The number of nitrogens with zero attached hydrogens (tertiary/aromatic N) is 4. The molecule has 1 amide bonds. The van der Waals surface area contributed by atoms with E-state index in [0.717, 1.165) is 24.0 Å². The zero-order chi connectivity index (χ0) is 22.8. The molecule has 1 aliphatic heterocycles. The third-order valence-electron chi connectivity index (χ3n) is 5.83. The lowest BCUT2D eigenvalue weighted by molar-refractivity contribution is 0.0700. The standard InChI is InChI=1S/C23H23N5O5/c1-30-16-3-4-20(31-2)17(11-16)18-12-19(25-24-18)23(29)28-8-5-14(6-9-28)21-26-27-22(33-21)15-7-10-32-13-15/h3-4,7,10-14H,5-6,8-9H2,1-2H3,(H,24,25). The number of furan rings is 1. The predicted molar refractivity (Wildman–Crippen MR) is 117 cm³/mol. The largest absolute Gasteiger partial charge is 0.497 e. The number of carbonyl (C=O) groups is 1. The van der Waals surface area contributed by atoms with Gasteiger partial charge in [-0.25, -0.2) is 0 Å². The van der Waals surface area contributed by atoms with E-state index >= 15 is 0 Å². The minimum Gasteiger partial charge on any atom is -0.497 e. The normalized spacial score (nSPS) is 14.4. The number of methoxy groups -OCH3 is 2. The van der Waals surface area contributed by atoms with Gasteiger partial charge in [-0.3, -0.25) is 9.89 Å². The maximum absolute atomic E-state index is 13.1. The van der Waals surface area contributed by atoms with Gasteiger partial charge in [0.2, 0.25) is 5.89 Å². The molecule has 0 spiro atoms. The van der Waals surface area contributed by atoms with Gasteiger partial charge in [-0.05, 0) is 43.2 Å². The molecule has 1 fully saturated rings. The van der Waals surface area contributed by atoms with Gasteiger partial charge < -0.3 is 23.2 Å². The van der Waals surface area contributed by atoms with Gasteiger partial charge in [0.1, 0.15) is 23.5 Å². The van der Waals surface area contributed by atoms with Gasteiger partial charge in [0.25, 0.3) is 11.8 Å². The van der Waals surface area contributed by atoms with E-state index in [4.69, 9.17) is 18.3 Å². The molecule has 0 unspecified atom stereocenters. The van der Waals surface area contributed by atoms with E-state index < -0.39 is 0 Å². The number of aromatic nitrogens is 4. The van der Waals surface area contributed by atoms with Crippen molar-refractivity contribution >= 4 is 5.91 Å². The van der Waals surface area contributed by atoms with E-state index in [1.54, 1.807) is 38.9 Å². The number of carbonyl (C=O) groups excluding carboxylic acids is 1. The number of hydrogen-bond acceptors (Lipinski definition) is 8. The summed E-state index contributed by atoms with van der Waals surface area (Å²) in [5.41, 5.74) is 2.54. The Morgan fingerprint density at radius 2 is 1.97 bits per heavy atom. The van der Waals surface area contributed by atoms with Crippen LogP contribution >= 0.6 is 0 Å². The summed E-state index contributed by atoms with van der Waals surface area (Å²) < 4.78 is 21.6. The SMILES string of the molecule is COc1ccc(OC)c(-c2cc(C(=O)N3CCC(c4nnc(-c5ccoc5)o4)CC3)[nH]n2)c1. The van der Waals surface area contributed by atoms with Crippen molar-refractivity contribution in [2.45, 2.75) is 18.8 Å². The molecule has 0 saturated carbocycles. The number of ether oxygens (including phenoxy) is 2. The summed E-state index contributed by atoms with van der Waals surface area (Å²) in [6.07, 6.45) is 4.61. The molecule has 10 nitrogen and oxygen atoms in total. The van der Waals surface area contributed by atoms with Crippen LogP contribution in [0.2, 0.25) is 0 Å². The number of hydrogen-bond donors (Lipinski definition) is 1. The Bertz CT molecular complexity index is 1240. The fourth-order valence-corrected chi connectivity index (χ4v) is 3.99. The molecule has 0 bridgehead atoms. The Balaban J connectivity index is 1.25. The van der Waals surface area contributed by atoms with Crippen molar-refractivity contribution < 1.29 is 23.1 Å². The van der Waals surface area contributed by atoms with Gasteiger partial charge in [-0.1, -0.05) is 0 Å². The Hall–Kier alpha value is -4.08. The van der Waals surface area contributed by atoms with Crippen LogP contribution in [0.25, 0.3) is 22.7 Å². The maximum atomic E-state index is 13.1. The lowest BCUT2D eigenvalue weighted by Gasteiger charge is -2.30. The smallest absolute Gasteiger partial charge is 0.271 e. The fraction of sp³-hybridized carbons (Fsp3) is 0.304. The number of rotatable bonds is 6. The molecule has 4 heterocycles. The number of benzene rings is 1. The Morgan fingerprint density at radius 1 is 1.12 bits per heavy atom. The van der Waals surface area contributed by atoms with Crippen LogP contribution in [0.5, 0.6) is 11.5 Å². The highest BCUT2D eigenvalue weighted by Crippen LogP contribution is 2.33. The number of nitrogens with one attached hydrogen (secondary N) is 1. The second-order valence-electron chi connectivity index (χ2n) is 7.76. The summed E-state index contributed by atoms with van der Waals surface area (Å²) in [7, 11) is 3.19. The van der Waals surface area contributed by atoms with Gasteiger partial charge in [-0.15, -0.1) is 10.2 Å². The number of likely N-dealkylation sites (tertiary alicyclic amines) is 1. The number of H-pyrrole nitrogens is 1. The summed E-state index contributed by atoms with van der Waals surface area (Å²) in [6.45, 7) is 1.17. The number of amides is 1. The number of piperidine rings is 1. The average Bonchev–Trinajstić information content (AvgIpc) is 3.64. The summed E-state index contributed by atoms with van der Waals surface area (Å²) in [5, 5.41) is 15.5. The van der Waals surface area contributed by atoms with E-state index in [2.05, 4.69) is 20.4 Å². The lowest BCUT2D eigenvalue weighted by Crippen LogP contribution is -2.38. The zero-order valence-electron chi connectivity index (χ0n) is 18.3. The fourth-order valence-electron chi connectivity index (χ4n) is 3.99. The highest BCUT2D eigenvalue weighted by molar-refractivity contribution is 5.93. The van der Waals surface area contributed by atoms with Gasteiger partial charge >= 0.3 is 0 Å². The molecule has 1 saturated heterocycles. The Kier molecular flexibility index (Phi) is 5.55. The molecular formula is C23H23N5O5. The van der Waals surface area contributed by atoms with Crippen molar-refractivity contribution in [1.29, 1.82) is 0 Å². The second-order valence-corrected chi connectivity index (χ2v) is 7.76. The van der Waals surface area contributed by atoms with Crippen LogP contribution in [0, 0.1) is 0 Å². The molecule has 3 aromatic heterocycles. The third kappa shape index (κ3) is 4.07. The van der Waals surface area contributed by atoms with E-state index in [9.17, 15) is 4.79 Å². The van der Waals surface area contributed by atoms with Crippen molar-refractivity contribution in [3.8, 4) is 34.2 Å². The first kappa shape index (κ1) is 20.8. The first-order valence-corrected chi connectivity index (χ1v) is 10.6. The lowest BCUT2D eigenvalue weighted by atomic mass is 9.96. The van der Waals surface area contributed by atoms with E-state index in [1.807, 2.05) is 23.1 Å². The monoisotopic (exact) mass is 449 g/mol. The molecule has 0 aliphatic carbocycles. The molecule has 10 heteroatoms. The molecule has 0 radical (unpaired) electrons. The first-order chi connectivity index (χ1) is 16.2. The molecule has 170 valence electrons. The maximum Gasteiger partial charge on any atom is 0.271 e. The predicted octanol–water partition coefficient (Wildman–Crippen LogP) is 3.76. The van der Waals surface area contributed by atoms with Crippen molar-refractivity contribution in [3.05, 3.63) is 54.4 Å². The minimum atomic E-state index is -0.0984. The molecule has 1 aliphatic rings. The van der Waals surface area contributed by atoms with Crippen LogP contribution in [0.3, 0.4) is 0 Å². The average molecular weight is 449 g/mol. The molecule has 1 N–H and O–H groups in total. The summed E-state index contributed by atoms with van der Waals surface area (Å²) in [6, 6.07) is 8.97. The Labute approximate surface area is 189 Å². The van der Waals surface area contributed by atoms with Crippen molar-refractivity contribution in [2.75, 3.05) is 27.3 Å². The van der Waals surface area contributed by atoms with Gasteiger partial charge in [0.15, 0.2) is 0 Å². The molecular weight excluding hydrogens is 426 g/mol. The van der Waals surface area contributed by atoms with Crippen LogP contribution in [0.1, 0.15) is 35.1 Å². The highest BCUT2D eigenvalue weighted by Gasteiger charge is 2.29. The van der Waals surface area contributed by atoms with Crippen LogP contribution in [0.4, 0.5) is 0 Å². The van der Waals surface area contributed by atoms with E-state index in [-0.39, 0.29) is 11.8 Å². The van der Waals surface area contributed by atoms with Crippen LogP contribution < -0.4 is 9.47 Å². The van der Waals surface area contributed by atoms with Gasteiger partial charge in [0, 0.05) is 24.6 Å². The minimum absolute atomic E-state index is 0.0984. The Morgan fingerprint density at radius 3 is 2.70 bits per heavy atom. The van der Waals surface area contributed by atoms with Crippen LogP contribution in [-0.4, -0.2) is 58.5 Å². The quantitative estimate of drug-likeness (QED) is 0.473. The summed E-state index contributed by atoms with van der Waals surface area (Å²) in [4.78, 5) is 14.9. The van der Waals surface area contributed by atoms with E-state index in [1.165, 1.54) is 0 Å². The second kappa shape index (κ2) is 8.81. The van der Waals surface area contributed by atoms with Gasteiger partial charge in [-0.2, -0.15) is 5.10 Å². The molecule has 5 rings (SSSR count). The van der Waals surface area contributed by atoms with Crippen molar-refractivity contribution in [1.82, 2.24) is 25.3 Å². The summed E-state index contributed by atoms with van der Waals surface area (Å²) in [5.74, 6) is 2.37. The summed E-state index contributed by atoms with van der Waals surface area (Å²) >= 11 is 0. The topological polar surface area (TPSA) is 120 Å². The molecule has 1 aromatic carbocycles.